The van der Waals surface area contributed by atoms with Crippen LogP contribution in [0, 0.1) is 6.92 Å². The Balaban J connectivity index is 1.74. The highest BCUT2D eigenvalue weighted by Gasteiger charge is 2.15. The molecule has 0 unspecified atom stereocenters. The van der Waals surface area contributed by atoms with Crippen molar-refractivity contribution in [1.29, 1.82) is 0 Å². The van der Waals surface area contributed by atoms with E-state index >= 15 is 0 Å². The lowest BCUT2D eigenvalue weighted by molar-refractivity contribution is -0.113. The number of thioether (sulfide) groups is 1. The molecule has 0 saturated carbocycles. The lowest BCUT2D eigenvalue weighted by Gasteiger charge is -2.10. The van der Waals surface area contributed by atoms with Crippen LogP contribution in [0.4, 0.5) is 5.69 Å². The standard InChI is InChI=1S/C20H18Cl2N4OS/c1-3-9-26-19(14-5-4-6-15(21)10-14)24-25-20(26)28-12-18(27)23-17-11-16(22)8-7-13(17)2/h3-8,10-11H,1,9,12H2,2H3,(H,23,27). The van der Waals surface area contributed by atoms with Crippen molar-refractivity contribution >= 4 is 46.6 Å². The van der Waals surface area contributed by atoms with Gasteiger partial charge >= 0.3 is 0 Å². The second-order valence-corrected chi connectivity index (χ2v) is 7.83. The lowest BCUT2D eigenvalue weighted by atomic mass is 10.2. The van der Waals surface area contributed by atoms with E-state index in [9.17, 15) is 4.79 Å². The van der Waals surface area contributed by atoms with Gasteiger partial charge < -0.3 is 5.32 Å². The Hall–Kier alpha value is -2.28. The van der Waals surface area contributed by atoms with Gasteiger partial charge in [-0.2, -0.15) is 0 Å². The first kappa shape index (κ1) is 20.5. The molecule has 8 heteroatoms. The number of nitrogens with zero attached hydrogens (tertiary/aromatic N) is 3. The fourth-order valence-electron chi connectivity index (χ4n) is 2.58. The third-order valence-electron chi connectivity index (χ3n) is 3.92. The van der Waals surface area contributed by atoms with Gasteiger partial charge in [0, 0.05) is 27.8 Å². The third kappa shape index (κ3) is 4.95. The summed E-state index contributed by atoms with van der Waals surface area (Å²) in [6.07, 6.45) is 1.76. The van der Waals surface area contributed by atoms with E-state index < -0.39 is 0 Å². The van der Waals surface area contributed by atoms with Crippen molar-refractivity contribution < 1.29 is 4.79 Å². The summed E-state index contributed by atoms with van der Waals surface area (Å²) >= 11 is 13.4. The predicted octanol–water partition coefficient (Wildman–Crippen LogP) is 5.48. The minimum Gasteiger partial charge on any atom is -0.325 e. The molecular weight excluding hydrogens is 415 g/mol. The van der Waals surface area contributed by atoms with Gasteiger partial charge in [0.25, 0.3) is 0 Å². The Morgan fingerprint density at radius 3 is 2.75 bits per heavy atom. The average molecular weight is 433 g/mol. The van der Waals surface area contributed by atoms with Crippen LogP contribution in [0.3, 0.4) is 0 Å². The van der Waals surface area contributed by atoms with Crippen LogP contribution in [0.15, 0.2) is 60.3 Å². The maximum atomic E-state index is 12.4. The van der Waals surface area contributed by atoms with Gasteiger partial charge in [-0.25, -0.2) is 0 Å². The van der Waals surface area contributed by atoms with E-state index in [1.807, 2.05) is 35.8 Å². The Morgan fingerprint density at radius 1 is 1.21 bits per heavy atom. The quantitative estimate of drug-likeness (QED) is 0.396. The number of hydrogen-bond donors (Lipinski definition) is 1. The summed E-state index contributed by atoms with van der Waals surface area (Å²) in [5, 5.41) is 13.2. The molecule has 0 fully saturated rings. The summed E-state index contributed by atoms with van der Waals surface area (Å²) < 4.78 is 1.90. The fourth-order valence-corrected chi connectivity index (χ4v) is 3.69. The molecule has 1 amide bonds. The number of carbonyl (C=O) groups excluding carboxylic acids is 1. The average Bonchev–Trinajstić information content (AvgIpc) is 3.06. The Morgan fingerprint density at radius 2 is 2.00 bits per heavy atom. The van der Waals surface area contributed by atoms with Crippen LogP contribution >= 0.6 is 35.0 Å². The molecule has 0 saturated heterocycles. The molecule has 144 valence electrons. The number of benzene rings is 2. The van der Waals surface area contributed by atoms with Gasteiger partial charge in [-0.05, 0) is 36.8 Å². The SMILES string of the molecule is C=CCn1c(SCC(=O)Nc2cc(Cl)ccc2C)nnc1-c1cccc(Cl)c1. The van der Waals surface area contributed by atoms with Crippen LogP contribution in [-0.2, 0) is 11.3 Å². The molecule has 1 N–H and O–H groups in total. The summed E-state index contributed by atoms with van der Waals surface area (Å²) in [6, 6.07) is 12.8. The van der Waals surface area contributed by atoms with Crippen molar-refractivity contribution in [3.05, 3.63) is 70.7 Å². The Bertz CT molecular complexity index is 1020. The summed E-state index contributed by atoms with van der Waals surface area (Å²) in [5.41, 5.74) is 2.50. The van der Waals surface area contributed by atoms with Gasteiger partial charge in [0.05, 0.1) is 5.75 Å². The van der Waals surface area contributed by atoms with Crippen LogP contribution in [0.1, 0.15) is 5.56 Å². The molecule has 0 aliphatic rings. The zero-order valence-electron chi connectivity index (χ0n) is 15.2. The largest absolute Gasteiger partial charge is 0.325 e. The number of rotatable bonds is 7. The molecule has 3 rings (SSSR count). The van der Waals surface area contributed by atoms with Gasteiger partial charge in [-0.1, -0.05) is 59.2 Å². The molecule has 28 heavy (non-hydrogen) atoms. The summed E-state index contributed by atoms with van der Waals surface area (Å²) in [5.74, 6) is 0.723. The number of aromatic nitrogens is 3. The van der Waals surface area contributed by atoms with Gasteiger partial charge in [0.2, 0.25) is 5.91 Å². The number of halogens is 2. The first-order valence-electron chi connectivity index (χ1n) is 8.46. The first-order valence-corrected chi connectivity index (χ1v) is 10.2. The number of anilines is 1. The first-order chi connectivity index (χ1) is 13.5. The van der Waals surface area contributed by atoms with Gasteiger partial charge in [0.1, 0.15) is 0 Å². The Kier molecular flexibility index (Phi) is 6.78. The van der Waals surface area contributed by atoms with Gasteiger partial charge in [-0.15, -0.1) is 16.8 Å². The highest BCUT2D eigenvalue weighted by molar-refractivity contribution is 7.99. The van der Waals surface area contributed by atoms with Crippen molar-refractivity contribution in [2.45, 2.75) is 18.6 Å². The van der Waals surface area contributed by atoms with Gasteiger partial charge in [0.15, 0.2) is 11.0 Å². The van der Waals surface area contributed by atoms with Crippen LogP contribution in [-0.4, -0.2) is 26.4 Å². The number of hydrogen-bond acceptors (Lipinski definition) is 4. The van der Waals surface area contributed by atoms with Crippen LogP contribution < -0.4 is 5.32 Å². The molecule has 0 aliphatic carbocycles. The summed E-state index contributed by atoms with van der Waals surface area (Å²) in [7, 11) is 0. The zero-order valence-corrected chi connectivity index (χ0v) is 17.5. The third-order valence-corrected chi connectivity index (χ3v) is 5.35. The van der Waals surface area contributed by atoms with E-state index in [0.717, 1.165) is 11.1 Å². The molecule has 5 nitrogen and oxygen atoms in total. The summed E-state index contributed by atoms with van der Waals surface area (Å²) in [4.78, 5) is 12.4. The van der Waals surface area contributed by atoms with E-state index in [4.69, 9.17) is 23.2 Å². The number of aryl methyl sites for hydroxylation is 1. The molecule has 0 atom stereocenters. The summed E-state index contributed by atoms with van der Waals surface area (Å²) in [6.45, 7) is 6.23. The lowest BCUT2D eigenvalue weighted by Crippen LogP contribution is -2.15. The van der Waals surface area contributed by atoms with Crippen LogP contribution in [0.5, 0.6) is 0 Å². The number of nitrogens with one attached hydrogen (secondary N) is 1. The Labute approximate surface area is 177 Å². The minimum absolute atomic E-state index is 0.146. The van der Waals surface area contributed by atoms with Crippen molar-refractivity contribution in [1.82, 2.24) is 14.8 Å². The van der Waals surface area contributed by atoms with Crippen LogP contribution in [0.2, 0.25) is 10.0 Å². The van der Waals surface area contributed by atoms with E-state index in [1.54, 1.807) is 24.3 Å². The molecule has 0 aliphatic heterocycles. The molecule has 3 aromatic rings. The number of allylic oxidation sites excluding steroid dienone is 1. The second kappa shape index (κ2) is 9.28. The van der Waals surface area contributed by atoms with Crippen molar-refractivity contribution in [2.24, 2.45) is 0 Å². The highest BCUT2D eigenvalue weighted by atomic mass is 35.5. The van der Waals surface area contributed by atoms with Crippen molar-refractivity contribution in [2.75, 3.05) is 11.1 Å². The van der Waals surface area contributed by atoms with E-state index in [-0.39, 0.29) is 11.7 Å². The smallest absolute Gasteiger partial charge is 0.234 e. The second-order valence-electron chi connectivity index (χ2n) is 6.01. The van der Waals surface area contributed by atoms with Crippen LogP contribution in [0.25, 0.3) is 11.4 Å². The van der Waals surface area contributed by atoms with Gasteiger partial charge in [-0.3, -0.25) is 9.36 Å². The zero-order chi connectivity index (χ0) is 20.1. The topological polar surface area (TPSA) is 59.8 Å². The van der Waals surface area contributed by atoms with Crippen molar-refractivity contribution in [3.63, 3.8) is 0 Å². The maximum Gasteiger partial charge on any atom is 0.234 e. The molecular formula is C20H18Cl2N4OS. The van der Waals surface area contributed by atoms with E-state index in [1.165, 1.54) is 11.8 Å². The maximum absolute atomic E-state index is 12.4. The fraction of sp³-hybridized carbons (Fsp3) is 0.150. The molecule has 0 bridgehead atoms. The molecule has 2 aromatic carbocycles. The predicted molar refractivity (Wildman–Crippen MR) is 116 cm³/mol. The van der Waals surface area contributed by atoms with E-state index in [2.05, 4.69) is 22.1 Å². The van der Waals surface area contributed by atoms with E-state index in [0.29, 0.717) is 33.3 Å². The molecule has 0 radical (unpaired) electrons. The number of amides is 1. The van der Waals surface area contributed by atoms with Crippen molar-refractivity contribution in [3.8, 4) is 11.4 Å². The minimum atomic E-state index is -0.146. The monoisotopic (exact) mass is 432 g/mol. The molecule has 1 aromatic heterocycles. The molecule has 0 spiro atoms. The number of carbonyl (C=O) groups is 1. The highest BCUT2D eigenvalue weighted by Crippen LogP contribution is 2.26. The molecule has 1 heterocycles. The normalized spacial score (nSPS) is 10.7.